The topological polar surface area (TPSA) is 164 Å². The number of nitro groups is 2. The first-order chi connectivity index (χ1) is 15.4. The van der Waals surface area contributed by atoms with Crippen LogP contribution in [0.2, 0.25) is 0 Å². The van der Waals surface area contributed by atoms with Crippen molar-refractivity contribution in [3.63, 3.8) is 0 Å². The highest BCUT2D eigenvalue weighted by molar-refractivity contribution is 5.36. The van der Waals surface area contributed by atoms with Crippen molar-refractivity contribution in [2.75, 3.05) is 13.2 Å². The molecule has 12 nitrogen and oxygen atoms in total. The molecule has 2 aromatic carbocycles. The number of benzene rings is 2. The number of ether oxygens (including phenoxy) is 4. The first kappa shape index (κ1) is 22.2. The summed E-state index contributed by atoms with van der Waals surface area (Å²) < 4.78 is 23.0. The van der Waals surface area contributed by atoms with E-state index in [-0.39, 0.29) is 18.0 Å². The van der Waals surface area contributed by atoms with E-state index in [9.17, 15) is 30.4 Å². The first-order valence-electron chi connectivity index (χ1n) is 9.73. The number of rotatable bonds is 6. The van der Waals surface area contributed by atoms with Gasteiger partial charge in [-0.15, -0.1) is 0 Å². The maximum absolute atomic E-state index is 11.1. The maximum Gasteiger partial charge on any atom is 0.269 e. The average Bonchev–Trinajstić information content (AvgIpc) is 3.24. The van der Waals surface area contributed by atoms with Crippen molar-refractivity contribution >= 4 is 11.4 Å². The number of nitrogens with zero attached hydrogens (tertiary/aromatic N) is 2. The molecule has 2 fully saturated rings. The Morgan fingerprint density at radius 2 is 1.44 bits per heavy atom. The van der Waals surface area contributed by atoms with Gasteiger partial charge in [0.05, 0.1) is 23.1 Å². The molecule has 2 saturated heterocycles. The lowest BCUT2D eigenvalue weighted by Gasteiger charge is -2.37. The third-order valence-electron chi connectivity index (χ3n) is 5.23. The molecule has 0 saturated carbocycles. The normalized spacial score (nSPS) is 30.2. The molecule has 4 rings (SSSR count). The Balaban J connectivity index is 1.54. The van der Waals surface area contributed by atoms with Gasteiger partial charge in [0.1, 0.15) is 24.4 Å². The van der Waals surface area contributed by atoms with E-state index < -0.39 is 53.4 Å². The molecule has 0 aromatic heterocycles. The molecule has 0 aliphatic carbocycles. The molecule has 0 amide bonds. The molecule has 2 N–H and O–H groups in total. The minimum atomic E-state index is -1.13. The predicted molar refractivity (Wildman–Crippen MR) is 105 cm³/mol. The molecule has 2 unspecified atom stereocenters. The van der Waals surface area contributed by atoms with Crippen LogP contribution in [0.1, 0.15) is 23.7 Å². The lowest BCUT2D eigenvalue weighted by atomic mass is 10.0. The molecule has 2 aromatic rings. The molecule has 0 radical (unpaired) electrons. The highest BCUT2D eigenvalue weighted by atomic mass is 16.8. The van der Waals surface area contributed by atoms with Crippen LogP contribution in [-0.2, 0) is 18.9 Å². The summed E-state index contributed by atoms with van der Waals surface area (Å²) in [5.41, 5.74) is 0.464. The maximum atomic E-state index is 11.1. The van der Waals surface area contributed by atoms with Crippen molar-refractivity contribution < 1.29 is 39.0 Å². The summed E-state index contributed by atoms with van der Waals surface area (Å²) in [6, 6.07) is 11.4. The largest absolute Gasteiger partial charge is 0.394 e. The molecular formula is C20H20N2O10. The molecule has 0 bridgehead atoms. The lowest BCUT2D eigenvalue weighted by Crippen LogP contribution is -2.51. The van der Waals surface area contributed by atoms with Crippen LogP contribution in [0, 0.1) is 20.2 Å². The molecule has 2 aliphatic heterocycles. The van der Waals surface area contributed by atoms with Crippen LogP contribution >= 0.6 is 0 Å². The first-order valence-corrected chi connectivity index (χ1v) is 9.73. The van der Waals surface area contributed by atoms with Gasteiger partial charge in [0.15, 0.2) is 12.6 Å². The summed E-state index contributed by atoms with van der Waals surface area (Å²) in [6.07, 6.45) is -5.97. The van der Waals surface area contributed by atoms with Gasteiger partial charge >= 0.3 is 0 Å². The predicted octanol–water partition coefficient (Wildman–Crippen LogP) is 1.75. The summed E-state index contributed by atoms with van der Waals surface area (Å²) in [7, 11) is 0. The number of non-ortho nitro benzene ring substituents is 2. The highest BCUT2D eigenvalue weighted by Crippen LogP contribution is 2.38. The summed E-state index contributed by atoms with van der Waals surface area (Å²) in [5, 5.41) is 42.4. The van der Waals surface area contributed by atoms with Gasteiger partial charge in [0, 0.05) is 35.4 Å². The molecule has 6 atom stereocenters. The molecule has 0 spiro atoms. The minimum absolute atomic E-state index is 0.141. The van der Waals surface area contributed by atoms with Crippen molar-refractivity contribution in [1.29, 1.82) is 0 Å². The molecule has 32 heavy (non-hydrogen) atoms. The zero-order valence-corrected chi connectivity index (χ0v) is 16.6. The second kappa shape index (κ2) is 9.24. The van der Waals surface area contributed by atoms with Crippen LogP contribution in [0.4, 0.5) is 11.4 Å². The van der Waals surface area contributed by atoms with Gasteiger partial charge in [0.25, 0.3) is 11.4 Å². The fourth-order valence-electron chi connectivity index (χ4n) is 3.69. The molecule has 12 heteroatoms. The second-order valence-electron chi connectivity index (χ2n) is 7.33. The van der Waals surface area contributed by atoms with Crippen molar-refractivity contribution in [3.05, 3.63) is 79.9 Å². The van der Waals surface area contributed by atoms with Crippen molar-refractivity contribution in [2.24, 2.45) is 0 Å². The van der Waals surface area contributed by atoms with E-state index in [0.717, 1.165) is 0 Å². The third kappa shape index (κ3) is 4.46. The SMILES string of the molecule is O=[N+]([O-])c1cccc(C2OC[C@@H](O)[C@@H]([C@H]3OC(c4cccc([N+](=O)[O-])c4)O[C@H]3CO)O2)c1. The van der Waals surface area contributed by atoms with Gasteiger partial charge in [-0.05, 0) is 0 Å². The highest BCUT2D eigenvalue weighted by Gasteiger charge is 2.47. The van der Waals surface area contributed by atoms with E-state index in [2.05, 4.69) is 0 Å². The Bertz CT molecular complexity index is 946. The van der Waals surface area contributed by atoms with Gasteiger partial charge in [0.2, 0.25) is 0 Å². The number of hydrogen-bond donors (Lipinski definition) is 2. The molecular weight excluding hydrogens is 428 g/mol. The van der Waals surface area contributed by atoms with E-state index in [0.29, 0.717) is 11.1 Å². The van der Waals surface area contributed by atoms with Gasteiger partial charge in [-0.3, -0.25) is 20.2 Å². The molecule has 170 valence electrons. The second-order valence-corrected chi connectivity index (χ2v) is 7.33. The Morgan fingerprint density at radius 3 is 2.00 bits per heavy atom. The van der Waals surface area contributed by atoms with Crippen molar-refractivity contribution in [3.8, 4) is 0 Å². The number of hydrogen-bond acceptors (Lipinski definition) is 10. The van der Waals surface area contributed by atoms with Crippen LogP contribution in [0.25, 0.3) is 0 Å². The Morgan fingerprint density at radius 1 is 0.875 bits per heavy atom. The van der Waals surface area contributed by atoms with Crippen LogP contribution in [0.5, 0.6) is 0 Å². The number of aliphatic hydroxyl groups excluding tert-OH is 2. The van der Waals surface area contributed by atoms with E-state index in [4.69, 9.17) is 18.9 Å². The third-order valence-corrected chi connectivity index (χ3v) is 5.23. The summed E-state index contributed by atoms with van der Waals surface area (Å²) in [5.74, 6) is 0. The van der Waals surface area contributed by atoms with Crippen LogP contribution < -0.4 is 0 Å². The lowest BCUT2D eigenvalue weighted by molar-refractivity contribution is -0.385. The van der Waals surface area contributed by atoms with Gasteiger partial charge in [-0.1, -0.05) is 24.3 Å². The standard InChI is InChI=1S/C20H20N2O10/c23-9-16-18(32-20(30-16)12-4-2-6-14(8-12)22(27)28)17-15(24)10-29-19(31-17)11-3-1-5-13(7-11)21(25)26/h1-8,15-20,23-24H,9-10H2/t15-,16+,17+,18+,19?,20?/m1/s1. The minimum Gasteiger partial charge on any atom is -0.394 e. The van der Waals surface area contributed by atoms with E-state index in [1.807, 2.05) is 0 Å². The average molecular weight is 448 g/mol. The zero-order valence-electron chi connectivity index (χ0n) is 16.6. The zero-order chi connectivity index (χ0) is 22.8. The van der Waals surface area contributed by atoms with E-state index in [1.165, 1.54) is 36.4 Å². The van der Waals surface area contributed by atoms with E-state index >= 15 is 0 Å². The fourth-order valence-corrected chi connectivity index (χ4v) is 3.69. The number of nitro benzene ring substituents is 2. The van der Waals surface area contributed by atoms with E-state index in [1.54, 1.807) is 12.1 Å². The summed E-state index contributed by atoms with van der Waals surface area (Å²) in [6.45, 7) is -0.595. The smallest absolute Gasteiger partial charge is 0.269 e. The quantitative estimate of drug-likeness (QED) is 0.491. The van der Waals surface area contributed by atoms with Crippen molar-refractivity contribution in [1.82, 2.24) is 0 Å². The van der Waals surface area contributed by atoms with Gasteiger partial charge in [-0.2, -0.15) is 0 Å². The molecule has 2 aliphatic rings. The Hall–Kier alpha value is -3.00. The fraction of sp³-hybridized carbons (Fsp3) is 0.400. The van der Waals surface area contributed by atoms with Crippen LogP contribution in [0.3, 0.4) is 0 Å². The van der Waals surface area contributed by atoms with Crippen molar-refractivity contribution in [2.45, 2.75) is 37.0 Å². The van der Waals surface area contributed by atoms with Crippen LogP contribution in [-0.4, -0.2) is 57.7 Å². The summed E-state index contributed by atoms with van der Waals surface area (Å²) >= 11 is 0. The van der Waals surface area contributed by atoms with Crippen LogP contribution in [0.15, 0.2) is 48.5 Å². The Labute approximate surface area is 181 Å². The summed E-state index contributed by atoms with van der Waals surface area (Å²) in [4.78, 5) is 21.0. The van der Waals surface area contributed by atoms with Gasteiger partial charge < -0.3 is 29.2 Å². The number of aliphatic hydroxyl groups is 2. The molecule has 2 heterocycles. The van der Waals surface area contributed by atoms with Gasteiger partial charge in [-0.25, -0.2) is 0 Å². The monoisotopic (exact) mass is 448 g/mol. The Kier molecular flexibility index (Phi) is 6.41.